The van der Waals surface area contributed by atoms with Crippen LogP contribution in [0.2, 0.25) is 0 Å². The number of hydrogen-bond acceptors (Lipinski definition) is 2. The van der Waals surface area contributed by atoms with Gasteiger partial charge in [0.15, 0.2) is 0 Å². The van der Waals surface area contributed by atoms with Gasteiger partial charge < -0.3 is 8.98 Å². The van der Waals surface area contributed by atoms with Crippen LogP contribution in [-0.4, -0.2) is 4.57 Å². The van der Waals surface area contributed by atoms with E-state index in [0.717, 1.165) is 16.6 Å². The molecule has 3 heterocycles. The van der Waals surface area contributed by atoms with Crippen LogP contribution >= 0.6 is 11.3 Å². The van der Waals surface area contributed by atoms with Crippen LogP contribution in [0.25, 0.3) is 80.4 Å². The Labute approximate surface area is 215 Å². The Morgan fingerprint density at radius 2 is 1.27 bits per heavy atom. The van der Waals surface area contributed by atoms with Crippen LogP contribution in [0.3, 0.4) is 0 Å². The standard InChI is InChI=1S/C34H19NOS/c1-4-10-28-22(7-1)27-17-20-13-16-31-34(25-9-2-5-11-30(25)36-31)26(20)19-29(27)35(28)21-14-15-24-23-8-3-6-12-32(23)37-33(24)18-21/h1-19H. The number of hydrogen-bond donors (Lipinski definition) is 0. The lowest BCUT2D eigenvalue weighted by molar-refractivity contribution is 0.669. The van der Waals surface area contributed by atoms with Gasteiger partial charge >= 0.3 is 0 Å². The van der Waals surface area contributed by atoms with Gasteiger partial charge in [-0.05, 0) is 59.3 Å². The van der Waals surface area contributed by atoms with E-state index in [2.05, 4.69) is 114 Å². The predicted octanol–water partition coefficient (Wildman–Crippen LogP) is 10.2. The molecule has 0 saturated carbocycles. The molecule has 6 aromatic carbocycles. The SMILES string of the molecule is c1ccc2c(c1)oc1ccc3cc4c5ccccc5n(-c5ccc6c(c5)sc5ccccc56)c4cc3c12. The average molecular weight is 490 g/mol. The summed E-state index contributed by atoms with van der Waals surface area (Å²) < 4.78 is 11.3. The van der Waals surface area contributed by atoms with E-state index >= 15 is 0 Å². The van der Waals surface area contributed by atoms with E-state index in [4.69, 9.17) is 4.42 Å². The van der Waals surface area contributed by atoms with E-state index in [1.165, 1.54) is 63.8 Å². The summed E-state index contributed by atoms with van der Waals surface area (Å²) >= 11 is 1.87. The summed E-state index contributed by atoms with van der Waals surface area (Å²) in [6, 6.07) is 41.7. The first kappa shape index (κ1) is 19.6. The molecule has 0 atom stereocenters. The number of rotatable bonds is 1. The lowest BCUT2D eigenvalue weighted by Crippen LogP contribution is -1.93. The molecule has 9 rings (SSSR count). The topological polar surface area (TPSA) is 18.1 Å². The zero-order chi connectivity index (χ0) is 24.1. The molecule has 0 spiro atoms. The molecule has 0 amide bonds. The van der Waals surface area contributed by atoms with Crippen LogP contribution in [0.5, 0.6) is 0 Å². The molecule has 0 radical (unpaired) electrons. The second kappa shape index (κ2) is 7.00. The fraction of sp³-hybridized carbons (Fsp3) is 0. The van der Waals surface area contributed by atoms with Gasteiger partial charge in [-0.1, -0.05) is 66.7 Å². The van der Waals surface area contributed by atoms with Crippen LogP contribution in [0.4, 0.5) is 0 Å². The van der Waals surface area contributed by atoms with Gasteiger partial charge in [0, 0.05) is 47.4 Å². The van der Waals surface area contributed by atoms with Crippen molar-refractivity contribution in [2.75, 3.05) is 0 Å². The summed E-state index contributed by atoms with van der Waals surface area (Å²) in [7, 11) is 0. The summed E-state index contributed by atoms with van der Waals surface area (Å²) in [4.78, 5) is 0. The van der Waals surface area contributed by atoms with Gasteiger partial charge in [-0.2, -0.15) is 0 Å². The van der Waals surface area contributed by atoms with E-state index < -0.39 is 0 Å². The molecule has 3 aromatic heterocycles. The van der Waals surface area contributed by atoms with Crippen molar-refractivity contribution in [1.82, 2.24) is 4.57 Å². The summed E-state index contributed by atoms with van der Waals surface area (Å²) in [5.74, 6) is 0. The minimum atomic E-state index is 0.931. The van der Waals surface area contributed by atoms with Gasteiger partial charge in [-0.15, -0.1) is 11.3 Å². The minimum Gasteiger partial charge on any atom is -0.456 e. The highest BCUT2D eigenvalue weighted by atomic mass is 32.1. The molecule has 0 N–H and O–H groups in total. The van der Waals surface area contributed by atoms with Crippen molar-refractivity contribution in [1.29, 1.82) is 0 Å². The average Bonchev–Trinajstić information content (AvgIpc) is 3.60. The Morgan fingerprint density at radius 1 is 0.486 bits per heavy atom. The first-order valence-electron chi connectivity index (χ1n) is 12.5. The minimum absolute atomic E-state index is 0.931. The van der Waals surface area contributed by atoms with Crippen LogP contribution in [0.1, 0.15) is 0 Å². The number of fused-ring (bicyclic) bond motifs is 11. The monoisotopic (exact) mass is 489 g/mol. The molecule has 0 aliphatic rings. The van der Waals surface area contributed by atoms with Gasteiger partial charge in [0.1, 0.15) is 11.2 Å². The van der Waals surface area contributed by atoms with Gasteiger partial charge in [-0.25, -0.2) is 0 Å². The molecule has 172 valence electrons. The Bertz CT molecular complexity index is 2370. The third-order valence-corrected chi connectivity index (χ3v) is 8.90. The van der Waals surface area contributed by atoms with Gasteiger partial charge in [0.05, 0.1) is 11.0 Å². The van der Waals surface area contributed by atoms with Crippen LogP contribution in [-0.2, 0) is 0 Å². The highest BCUT2D eigenvalue weighted by Gasteiger charge is 2.17. The Kier molecular flexibility index (Phi) is 3.70. The van der Waals surface area contributed by atoms with E-state index in [9.17, 15) is 0 Å². The first-order chi connectivity index (χ1) is 18.3. The van der Waals surface area contributed by atoms with Crippen molar-refractivity contribution in [2.45, 2.75) is 0 Å². The fourth-order valence-corrected chi connectivity index (χ4v) is 7.28. The van der Waals surface area contributed by atoms with Gasteiger partial charge in [0.2, 0.25) is 0 Å². The number of nitrogens with zero attached hydrogens (tertiary/aromatic N) is 1. The second-order valence-corrected chi connectivity index (χ2v) is 10.8. The summed E-state index contributed by atoms with van der Waals surface area (Å²) in [5.41, 5.74) is 5.49. The number of benzene rings is 6. The molecule has 37 heavy (non-hydrogen) atoms. The van der Waals surface area contributed by atoms with E-state index in [0.29, 0.717) is 0 Å². The second-order valence-electron chi connectivity index (χ2n) is 9.76. The fourth-order valence-electron chi connectivity index (χ4n) is 6.14. The molecular weight excluding hydrogens is 470 g/mol. The zero-order valence-electron chi connectivity index (χ0n) is 19.7. The maximum Gasteiger partial charge on any atom is 0.136 e. The molecule has 0 aliphatic heterocycles. The Balaban J connectivity index is 1.43. The summed E-state index contributed by atoms with van der Waals surface area (Å²) in [6.45, 7) is 0. The Morgan fingerprint density at radius 3 is 2.22 bits per heavy atom. The van der Waals surface area contributed by atoms with E-state index in [-0.39, 0.29) is 0 Å². The summed E-state index contributed by atoms with van der Waals surface area (Å²) in [6.07, 6.45) is 0. The van der Waals surface area contributed by atoms with Crippen molar-refractivity contribution < 1.29 is 4.42 Å². The Hall–Kier alpha value is -4.60. The maximum atomic E-state index is 6.22. The molecule has 0 unspecified atom stereocenters. The molecule has 0 fully saturated rings. The highest BCUT2D eigenvalue weighted by Crippen LogP contribution is 2.41. The van der Waals surface area contributed by atoms with Crippen LogP contribution in [0.15, 0.2) is 120 Å². The number of aromatic nitrogens is 1. The smallest absolute Gasteiger partial charge is 0.136 e. The molecule has 0 aliphatic carbocycles. The lowest BCUT2D eigenvalue weighted by Gasteiger charge is -2.09. The van der Waals surface area contributed by atoms with Crippen molar-refractivity contribution in [2.24, 2.45) is 0 Å². The van der Waals surface area contributed by atoms with Gasteiger partial charge in [0.25, 0.3) is 0 Å². The van der Waals surface area contributed by atoms with Crippen molar-refractivity contribution in [3.63, 3.8) is 0 Å². The third kappa shape index (κ3) is 2.59. The molecule has 0 saturated heterocycles. The normalized spacial score (nSPS) is 12.3. The predicted molar refractivity (Wildman–Crippen MR) is 158 cm³/mol. The van der Waals surface area contributed by atoms with Crippen molar-refractivity contribution in [3.05, 3.63) is 115 Å². The molecule has 2 nitrogen and oxygen atoms in total. The van der Waals surface area contributed by atoms with Crippen molar-refractivity contribution in [3.8, 4) is 5.69 Å². The van der Waals surface area contributed by atoms with E-state index in [1.807, 2.05) is 17.4 Å². The zero-order valence-corrected chi connectivity index (χ0v) is 20.5. The number of para-hydroxylation sites is 2. The quantitative estimate of drug-likeness (QED) is 0.224. The van der Waals surface area contributed by atoms with Crippen LogP contribution < -0.4 is 0 Å². The number of thiophene rings is 1. The number of furan rings is 1. The van der Waals surface area contributed by atoms with Crippen molar-refractivity contribution >= 4 is 86.0 Å². The largest absolute Gasteiger partial charge is 0.456 e. The lowest BCUT2D eigenvalue weighted by atomic mass is 10.0. The maximum absolute atomic E-state index is 6.22. The third-order valence-electron chi connectivity index (χ3n) is 7.77. The highest BCUT2D eigenvalue weighted by molar-refractivity contribution is 7.25. The van der Waals surface area contributed by atoms with Gasteiger partial charge in [-0.3, -0.25) is 0 Å². The summed E-state index contributed by atoms with van der Waals surface area (Å²) in [5, 5.41) is 10.00. The molecular formula is C34H19NOS. The van der Waals surface area contributed by atoms with Crippen LogP contribution in [0, 0.1) is 0 Å². The molecule has 3 heteroatoms. The molecule has 9 aromatic rings. The molecule has 0 bridgehead atoms. The first-order valence-corrected chi connectivity index (χ1v) is 13.3. The van der Waals surface area contributed by atoms with E-state index in [1.54, 1.807) is 0 Å².